The van der Waals surface area contributed by atoms with Crippen LogP contribution in [0.15, 0.2) is 6.08 Å². The van der Waals surface area contributed by atoms with Crippen molar-refractivity contribution in [3.8, 4) is 0 Å². The highest BCUT2D eigenvalue weighted by Gasteiger charge is 2.22. The maximum Gasteiger partial charge on any atom is 0.269 e. The lowest BCUT2D eigenvalue weighted by Crippen LogP contribution is -2.21. The number of aromatic nitrogens is 2. The van der Waals surface area contributed by atoms with Gasteiger partial charge in [-0.15, -0.1) is 0 Å². The second-order valence-corrected chi connectivity index (χ2v) is 5.54. The van der Waals surface area contributed by atoms with E-state index < -0.39 is 5.91 Å². The number of carbonyl (C=O) groups is 1. The van der Waals surface area contributed by atoms with Crippen molar-refractivity contribution in [2.75, 3.05) is 34.2 Å². The summed E-state index contributed by atoms with van der Waals surface area (Å²) in [4.78, 5) is 20.3. The van der Waals surface area contributed by atoms with Gasteiger partial charge in [0.05, 0.1) is 5.69 Å². The van der Waals surface area contributed by atoms with Crippen molar-refractivity contribution in [3.63, 3.8) is 0 Å². The molecule has 1 aromatic heterocycles. The Morgan fingerprint density at radius 1 is 1.45 bits per heavy atom. The molecule has 2 rings (SSSR count). The molecule has 0 radical (unpaired) electrons. The minimum Gasteiger partial charge on any atom is -0.364 e. The van der Waals surface area contributed by atoms with E-state index in [1.165, 1.54) is 0 Å². The molecule has 0 bridgehead atoms. The molecule has 0 atom stereocenters. The number of rotatable bonds is 4. The third-order valence-electron chi connectivity index (χ3n) is 3.41. The van der Waals surface area contributed by atoms with Gasteiger partial charge in [0.25, 0.3) is 5.91 Å². The summed E-state index contributed by atoms with van der Waals surface area (Å²) in [7, 11) is 6.08. The van der Waals surface area contributed by atoms with E-state index in [9.17, 15) is 4.79 Å². The molecule has 2 heterocycles. The Hall–Kier alpha value is -1.66. The first-order valence-electron chi connectivity index (χ1n) is 6.88. The van der Waals surface area contributed by atoms with Gasteiger partial charge >= 0.3 is 0 Å². The molecule has 1 aliphatic heterocycles. The number of nitrogens with zero attached hydrogens (tertiary/aromatic N) is 4. The fraction of sp³-hybridized carbons (Fsp3) is 0.571. The first-order chi connectivity index (χ1) is 9.49. The van der Waals surface area contributed by atoms with E-state index in [1.807, 2.05) is 20.2 Å². The molecule has 0 unspecified atom stereocenters. The topological polar surface area (TPSA) is 67.4 Å². The molecule has 0 aromatic carbocycles. The Balaban J connectivity index is 2.35. The fourth-order valence-electron chi connectivity index (χ4n) is 2.44. The smallest absolute Gasteiger partial charge is 0.269 e. The van der Waals surface area contributed by atoms with E-state index in [2.05, 4.69) is 32.5 Å². The summed E-state index contributed by atoms with van der Waals surface area (Å²) in [6, 6.07) is 0. The minimum absolute atomic E-state index is 0.406. The van der Waals surface area contributed by atoms with E-state index >= 15 is 0 Å². The van der Waals surface area contributed by atoms with Gasteiger partial charge in [0.1, 0.15) is 5.82 Å². The third kappa shape index (κ3) is 3.26. The molecule has 110 valence electrons. The van der Waals surface area contributed by atoms with Crippen molar-refractivity contribution < 1.29 is 4.79 Å². The summed E-state index contributed by atoms with van der Waals surface area (Å²) in [6.45, 7) is 3.45. The van der Waals surface area contributed by atoms with Crippen LogP contribution >= 0.6 is 0 Å². The molecule has 0 saturated heterocycles. The van der Waals surface area contributed by atoms with Crippen LogP contribution in [-0.4, -0.2) is 59.5 Å². The predicted octanol–water partition coefficient (Wildman–Crippen LogP) is 0.392. The van der Waals surface area contributed by atoms with E-state index in [0.717, 1.165) is 37.6 Å². The van der Waals surface area contributed by atoms with Gasteiger partial charge < -0.3 is 20.1 Å². The van der Waals surface area contributed by atoms with Gasteiger partial charge in [0.2, 0.25) is 0 Å². The number of carbonyl (C=O) groups excluding carboxylic acids is 1. The van der Waals surface area contributed by atoms with Crippen LogP contribution in [-0.2, 0) is 13.1 Å². The van der Waals surface area contributed by atoms with Crippen LogP contribution in [0.25, 0.3) is 6.08 Å². The van der Waals surface area contributed by atoms with E-state index in [1.54, 1.807) is 0 Å². The lowest BCUT2D eigenvalue weighted by Gasteiger charge is -2.12. The second-order valence-electron chi connectivity index (χ2n) is 5.54. The molecule has 0 saturated carbocycles. The Bertz CT molecular complexity index is 518. The van der Waals surface area contributed by atoms with Crippen LogP contribution in [0.1, 0.15) is 28.4 Å². The van der Waals surface area contributed by atoms with Crippen LogP contribution in [0.5, 0.6) is 0 Å². The van der Waals surface area contributed by atoms with Crippen LogP contribution in [0.3, 0.4) is 0 Å². The number of imidazole rings is 1. The number of hydrogen-bond acceptors (Lipinski definition) is 4. The van der Waals surface area contributed by atoms with Gasteiger partial charge in [-0.05, 0) is 40.2 Å². The molecule has 0 spiro atoms. The van der Waals surface area contributed by atoms with Gasteiger partial charge in [-0.2, -0.15) is 0 Å². The quantitative estimate of drug-likeness (QED) is 0.864. The monoisotopic (exact) mass is 277 g/mol. The number of nitrogens with two attached hydrogens (primary N) is 1. The Labute approximate surface area is 119 Å². The summed E-state index contributed by atoms with van der Waals surface area (Å²) < 4.78 is 2.12. The summed E-state index contributed by atoms with van der Waals surface area (Å²) in [5.74, 6) is 0.377. The molecule has 20 heavy (non-hydrogen) atoms. The normalized spacial score (nSPS) is 16.6. The molecule has 6 nitrogen and oxygen atoms in total. The van der Waals surface area contributed by atoms with Gasteiger partial charge in [0, 0.05) is 19.6 Å². The molecular formula is C14H23N5O. The maximum absolute atomic E-state index is 11.6. The van der Waals surface area contributed by atoms with Gasteiger partial charge in [0.15, 0.2) is 5.69 Å². The molecule has 1 amide bonds. The van der Waals surface area contributed by atoms with Crippen molar-refractivity contribution in [1.82, 2.24) is 19.4 Å². The number of likely N-dealkylation sites (N-methyl/N-ethyl adjacent to an activating group) is 1. The lowest BCUT2D eigenvalue weighted by atomic mass is 10.3. The summed E-state index contributed by atoms with van der Waals surface area (Å²) in [6.07, 6.45) is 5.07. The Morgan fingerprint density at radius 3 is 2.85 bits per heavy atom. The Kier molecular flexibility index (Phi) is 4.57. The van der Waals surface area contributed by atoms with Gasteiger partial charge in [-0.1, -0.05) is 6.08 Å². The van der Waals surface area contributed by atoms with Crippen LogP contribution in [0.4, 0.5) is 0 Å². The summed E-state index contributed by atoms with van der Waals surface area (Å²) in [5, 5.41) is 0. The van der Waals surface area contributed by atoms with Crippen molar-refractivity contribution in [1.29, 1.82) is 0 Å². The van der Waals surface area contributed by atoms with E-state index in [-0.39, 0.29) is 0 Å². The van der Waals surface area contributed by atoms with E-state index in [0.29, 0.717) is 12.2 Å². The van der Waals surface area contributed by atoms with Crippen LogP contribution < -0.4 is 5.73 Å². The van der Waals surface area contributed by atoms with Crippen molar-refractivity contribution in [2.45, 2.75) is 19.5 Å². The average Bonchev–Trinajstić information content (AvgIpc) is 2.57. The molecule has 0 fully saturated rings. The largest absolute Gasteiger partial charge is 0.364 e. The molecule has 1 aromatic rings. The first kappa shape index (κ1) is 14.7. The standard InChI is InChI=1S/C14H23N5O/c1-17(2)7-4-6-12-16-13(14(15)20)11-10-18(3)8-5-9-19(11)12/h4,6H,5,7-10H2,1-3H3,(H2,15,20)/b6-4+. The predicted molar refractivity (Wildman–Crippen MR) is 79.3 cm³/mol. The molecular weight excluding hydrogens is 254 g/mol. The second kappa shape index (κ2) is 6.19. The lowest BCUT2D eigenvalue weighted by molar-refractivity contribution is 0.0994. The van der Waals surface area contributed by atoms with Gasteiger partial charge in [-0.25, -0.2) is 4.98 Å². The van der Waals surface area contributed by atoms with Crippen LogP contribution in [0, 0.1) is 0 Å². The van der Waals surface area contributed by atoms with Crippen molar-refractivity contribution in [3.05, 3.63) is 23.3 Å². The number of hydrogen-bond donors (Lipinski definition) is 1. The first-order valence-corrected chi connectivity index (χ1v) is 6.88. The Morgan fingerprint density at radius 2 is 2.20 bits per heavy atom. The molecule has 1 aliphatic rings. The highest BCUT2D eigenvalue weighted by Crippen LogP contribution is 2.19. The highest BCUT2D eigenvalue weighted by molar-refractivity contribution is 5.92. The molecule has 0 aliphatic carbocycles. The number of fused-ring (bicyclic) bond motifs is 1. The van der Waals surface area contributed by atoms with E-state index in [4.69, 9.17) is 5.73 Å². The van der Waals surface area contributed by atoms with Crippen molar-refractivity contribution >= 4 is 12.0 Å². The minimum atomic E-state index is -0.448. The zero-order chi connectivity index (χ0) is 14.7. The van der Waals surface area contributed by atoms with Crippen molar-refractivity contribution in [2.24, 2.45) is 5.73 Å². The average molecular weight is 277 g/mol. The zero-order valence-corrected chi connectivity index (χ0v) is 12.5. The van der Waals surface area contributed by atoms with Gasteiger partial charge in [-0.3, -0.25) is 4.79 Å². The number of primary amides is 1. The van der Waals surface area contributed by atoms with Crippen LogP contribution in [0.2, 0.25) is 0 Å². The fourth-order valence-corrected chi connectivity index (χ4v) is 2.44. The molecule has 6 heteroatoms. The SMILES string of the molecule is CN(C)C/C=C/c1nc(C(N)=O)c2n1CCCN(C)C2. The number of amides is 1. The summed E-state index contributed by atoms with van der Waals surface area (Å²) in [5.41, 5.74) is 6.80. The zero-order valence-electron chi connectivity index (χ0n) is 12.5. The maximum atomic E-state index is 11.6. The third-order valence-corrected chi connectivity index (χ3v) is 3.41. The highest BCUT2D eigenvalue weighted by atomic mass is 16.1. The molecule has 2 N–H and O–H groups in total. The summed E-state index contributed by atoms with van der Waals surface area (Å²) >= 11 is 0.